The standard InChI is InChI=1S/C18H16N2O3/c1-11-19-15-9-14(6-7-17(15)23-11)20-18(21)13-8-12-4-2-3-5-16(12)22-10-13/h2-7,9,13H,8,10H2,1H3,(H,20,21)/t13-/m1/s1. The molecule has 0 unspecified atom stereocenters. The van der Waals surface area contributed by atoms with Gasteiger partial charge >= 0.3 is 0 Å². The molecule has 1 N–H and O–H groups in total. The van der Waals surface area contributed by atoms with Crippen LogP contribution < -0.4 is 10.1 Å². The first-order chi connectivity index (χ1) is 11.2. The lowest BCUT2D eigenvalue weighted by atomic mass is 9.96. The number of nitrogens with zero attached hydrogens (tertiary/aromatic N) is 1. The van der Waals surface area contributed by atoms with Crippen molar-refractivity contribution < 1.29 is 13.9 Å². The first-order valence-electron chi connectivity index (χ1n) is 7.58. The van der Waals surface area contributed by atoms with E-state index in [9.17, 15) is 4.79 Å². The van der Waals surface area contributed by atoms with E-state index in [1.54, 1.807) is 6.92 Å². The van der Waals surface area contributed by atoms with Crippen molar-refractivity contribution >= 4 is 22.7 Å². The van der Waals surface area contributed by atoms with E-state index in [0.29, 0.717) is 18.9 Å². The molecule has 0 bridgehead atoms. The topological polar surface area (TPSA) is 64.4 Å². The summed E-state index contributed by atoms with van der Waals surface area (Å²) in [5.41, 5.74) is 3.25. The highest BCUT2D eigenvalue weighted by atomic mass is 16.5. The second-order valence-corrected chi connectivity index (χ2v) is 5.72. The summed E-state index contributed by atoms with van der Waals surface area (Å²) >= 11 is 0. The van der Waals surface area contributed by atoms with Crippen LogP contribution in [-0.2, 0) is 11.2 Å². The highest BCUT2D eigenvalue weighted by Crippen LogP contribution is 2.28. The zero-order chi connectivity index (χ0) is 15.8. The molecule has 0 saturated carbocycles. The third kappa shape index (κ3) is 2.65. The summed E-state index contributed by atoms with van der Waals surface area (Å²) in [6.45, 7) is 2.20. The molecule has 5 nitrogen and oxygen atoms in total. The number of rotatable bonds is 2. The van der Waals surface area contributed by atoms with Crippen LogP contribution in [-0.4, -0.2) is 17.5 Å². The minimum atomic E-state index is -0.195. The van der Waals surface area contributed by atoms with Crippen LogP contribution in [0.25, 0.3) is 11.1 Å². The quantitative estimate of drug-likeness (QED) is 0.788. The van der Waals surface area contributed by atoms with Crippen LogP contribution in [0.4, 0.5) is 5.69 Å². The summed E-state index contributed by atoms with van der Waals surface area (Å²) in [4.78, 5) is 16.8. The van der Waals surface area contributed by atoms with Crippen LogP contribution in [0, 0.1) is 12.8 Å². The van der Waals surface area contributed by atoms with Gasteiger partial charge < -0.3 is 14.5 Å². The lowest BCUT2D eigenvalue weighted by Gasteiger charge is -2.24. The number of oxazole rings is 1. The molecular formula is C18H16N2O3. The average molecular weight is 308 g/mol. The molecule has 3 aromatic rings. The summed E-state index contributed by atoms with van der Waals surface area (Å²) in [5.74, 6) is 1.25. The predicted octanol–water partition coefficient (Wildman–Crippen LogP) is 3.33. The van der Waals surface area contributed by atoms with Crippen molar-refractivity contribution in [1.82, 2.24) is 4.98 Å². The number of amides is 1. The fourth-order valence-electron chi connectivity index (χ4n) is 2.86. The van der Waals surface area contributed by atoms with Gasteiger partial charge in [-0.15, -0.1) is 0 Å². The Kier molecular flexibility index (Phi) is 3.26. The van der Waals surface area contributed by atoms with E-state index < -0.39 is 0 Å². The molecule has 0 radical (unpaired) electrons. The Morgan fingerprint density at radius 2 is 2.13 bits per heavy atom. The SMILES string of the molecule is Cc1nc2cc(NC(=O)[C@H]3COc4ccccc4C3)ccc2o1. The maximum atomic E-state index is 12.5. The van der Waals surface area contributed by atoms with Crippen molar-refractivity contribution in [3.05, 3.63) is 53.9 Å². The number of nitrogens with one attached hydrogen (secondary N) is 1. The Hall–Kier alpha value is -2.82. The van der Waals surface area contributed by atoms with Crippen molar-refractivity contribution in [1.29, 1.82) is 0 Å². The fraction of sp³-hybridized carbons (Fsp3) is 0.222. The fourth-order valence-corrected chi connectivity index (χ4v) is 2.86. The molecular weight excluding hydrogens is 292 g/mol. The van der Waals surface area contributed by atoms with Crippen LogP contribution in [0.15, 0.2) is 46.9 Å². The predicted molar refractivity (Wildman–Crippen MR) is 86.5 cm³/mol. The molecule has 2 heterocycles. The molecule has 1 aliphatic heterocycles. The molecule has 1 aliphatic rings. The van der Waals surface area contributed by atoms with E-state index in [0.717, 1.165) is 28.1 Å². The molecule has 0 fully saturated rings. The minimum Gasteiger partial charge on any atom is -0.492 e. The maximum Gasteiger partial charge on any atom is 0.231 e. The van der Waals surface area contributed by atoms with Crippen molar-refractivity contribution in [2.24, 2.45) is 5.92 Å². The first-order valence-corrected chi connectivity index (χ1v) is 7.58. The number of hydrogen-bond acceptors (Lipinski definition) is 4. The number of ether oxygens (including phenoxy) is 1. The normalized spacial score (nSPS) is 16.7. The van der Waals surface area contributed by atoms with E-state index in [4.69, 9.17) is 9.15 Å². The lowest BCUT2D eigenvalue weighted by molar-refractivity contribution is -0.121. The number of hydrogen-bond donors (Lipinski definition) is 1. The molecule has 0 aliphatic carbocycles. The van der Waals surface area contributed by atoms with Gasteiger partial charge in [-0.25, -0.2) is 4.98 Å². The van der Waals surface area contributed by atoms with Gasteiger partial charge in [0.25, 0.3) is 0 Å². The summed E-state index contributed by atoms with van der Waals surface area (Å²) in [5, 5.41) is 2.94. The monoisotopic (exact) mass is 308 g/mol. The van der Waals surface area contributed by atoms with Gasteiger partial charge in [0.05, 0.1) is 5.92 Å². The molecule has 1 amide bonds. The Morgan fingerprint density at radius 3 is 3.04 bits per heavy atom. The van der Waals surface area contributed by atoms with Crippen LogP contribution in [0.2, 0.25) is 0 Å². The van der Waals surface area contributed by atoms with E-state index in [1.807, 2.05) is 42.5 Å². The number of anilines is 1. The summed E-state index contributed by atoms with van der Waals surface area (Å²) in [6, 6.07) is 13.3. The molecule has 1 atom stereocenters. The van der Waals surface area contributed by atoms with Gasteiger partial charge in [0.15, 0.2) is 11.5 Å². The lowest BCUT2D eigenvalue weighted by Crippen LogP contribution is -2.32. The van der Waals surface area contributed by atoms with E-state index in [1.165, 1.54) is 0 Å². The third-order valence-electron chi connectivity index (χ3n) is 4.01. The van der Waals surface area contributed by atoms with E-state index in [-0.39, 0.29) is 11.8 Å². The molecule has 116 valence electrons. The number of fused-ring (bicyclic) bond motifs is 2. The molecule has 5 heteroatoms. The van der Waals surface area contributed by atoms with E-state index in [2.05, 4.69) is 10.3 Å². The maximum absolute atomic E-state index is 12.5. The molecule has 1 aromatic heterocycles. The first kappa shape index (κ1) is 13.8. The Balaban J connectivity index is 1.51. The number of carbonyl (C=O) groups is 1. The van der Waals surface area contributed by atoms with Crippen molar-refractivity contribution in [3.63, 3.8) is 0 Å². The van der Waals surface area contributed by atoms with Gasteiger partial charge in [0.1, 0.15) is 17.9 Å². The van der Waals surface area contributed by atoms with Crippen molar-refractivity contribution in [2.45, 2.75) is 13.3 Å². The highest BCUT2D eigenvalue weighted by Gasteiger charge is 2.25. The Morgan fingerprint density at radius 1 is 1.26 bits per heavy atom. The molecule has 0 spiro atoms. The van der Waals surface area contributed by atoms with Crippen LogP contribution in [0.1, 0.15) is 11.5 Å². The zero-order valence-electron chi connectivity index (χ0n) is 12.7. The summed E-state index contributed by atoms with van der Waals surface area (Å²) < 4.78 is 11.1. The van der Waals surface area contributed by atoms with Gasteiger partial charge in [0.2, 0.25) is 5.91 Å². The summed E-state index contributed by atoms with van der Waals surface area (Å²) in [7, 11) is 0. The highest BCUT2D eigenvalue weighted by molar-refractivity contribution is 5.94. The number of aryl methyl sites for hydroxylation is 1. The molecule has 4 rings (SSSR count). The molecule has 23 heavy (non-hydrogen) atoms. The molecule has 0 saturated heterocycles. The van der Waals surface area contributed by atoms with E-state index >= 15 is 0 Å². The van der Waals surface area contributed by atoms with Crippen LogP contribution in [0.5, 0.6) is 5.75 Å². The van der Waals surface area contributed by atoms with Crippen molar-refractivity contribution in [3.8, 4) is 5.75 Å². The third-order valence-corrected chi connectivity index (χ3v) is 4.01. The van der Waals surface area contributed by atoms with Gasteiger partial charge in [-0.3, -0.25) is 4.79 Å². The van der Waals surface area contributed by atoms with Gasteiger partial charge in [-0.05, 0) is 36.2 Å². The van der Waals surface area contributed by atoms with Crippen LogP contribution in [0.3, 0.4) is 0 Å². The zero-order valence-corrected chi connectivity index (χ0v) is 12.7. The summed E-state index contributed by atoms with van der Waals surface area (Å²) in [6.07, 6.45) is 0.688. The Labute approximate surface area is 133 Å². The van der Waals surface area contributed by atoms with Crippen molar-refractivity contribution in [2.75, 3.05) is 11.9 Å². The number of para-hydroxylation sites is 1. The van der Waals surface area contributed by atoms with Crippen LogP contribution >= 0.6 is 0 Å². The second-order valence-electron chi connectivity index (χ2n) is 5.72. The smallest absolute Gasteiger partial charge is 0.231 e. The van der Waals surface area contributed by atoms with Gasteiger partial charge in [-0.2, -0.15) is 0 Å². The molecule has 2 aromatic carbocycles. The Bertz CT molecular complexity index is 885. The number of benzene rings is 2. The second kappa shape index (κ2) is 5.43. The number of carbonyl (C=O) groups excluding carboxylic acids is 1. The largest absolute Gasteiger partial charge is 0.492 e. The average Bonchev–Trinajstić information content (AvgIpc) is 2.93. The number of aromatic nitrogens is 1. The van der Waals surface area contributed by atoms with Gasteiger partial charge in [-0.1, -0.05) is 18.2 Å². The minimum absolute atomic E-state index is 0.0425. The van der Waals surface area contributed by atoms with Gasteiger partial charge in [0, 0.05) is 12.6 Å².